The van der Waals surface area contributed by atoms with Crippen molar-refractivity contribution in [2.75, 3.05) is 4.90 Å². The molecule has 1 heterocycles. The summed E-state index contributed by atoms with van der Waals surface area (Å²) >= 11 is 0. The van der Waals surface area contributed by atoms with E-state index in [1.54, 1.807) is 0 Å². The Morgan fingerprint density at radius 1 is 0.490 bits per heavy atom. The number of fused-ring (bicyclic) bond motifs is 9. The van der Waals surface area contributed by atoms with Gasteiger partial charge in [0.15, 0.2) is 0 Å². The lowest BCUT2D eigenvalue weighted by molar-refractivity contribution is 0.584. The number of furan rings is 1. The molecule has 254 valence electrons. The molecule has 7 aromatic rings. The van der Waals surface area contributed by atoms with Gasteiger partial charge in [-0.1, -0.05) is 109 Å². The molecule has 0 N–H and O–H groups in total. The molecule has 0 aliphatic heterocycles. The first-order valence-electron chi connectivity index (χ1n) is 18.4. The third-order valence-electron chi connectivity index (χ3n) is 12.0. The van der Waals surface area contributed by atoms with Gasteiger partial charge in [0, 0.05) is 38.7 Å². The molecule has 2 heteroatoms. The predicted molar refractivity (Wildman–Crippen MR) is 216 cm³/mol. The molecule has 0 amide bonds. The maximum absolute atomic E-state index is 6.58. The minimum atomic E-state index is -0.134. The molecule has 2 aliphatic carbocycles. The van der Waals surface area contributed by atoms with E-state index in [1.807, 2.05) is 0 Å². The van der Waals surface area contributed by atoms with Gasteiger partial charge in [-0.25, -0.2) is 0 Å². The van der Waals surface area contributed by atoms with Gasteiger partial charge >= 0.3 is 0 Å². The lowest BCUT2D eigenvalue weighted by Gasteiger charge is -2.30. The van der Waals surface area contributed by atoms with E-state index in [1.165, 1.54) is 66.6 Å². The molecule has 0 spiro atoms. The number of benzene rings is 6. The molecule has 2 nitrogen and oxygen atoms in total. The molecule has 1 aromatic heterocycles. The molecule has 0 radical (unpaired) electrons. The largest absolute Gasteiger partial charge is 0.456 e. The average Bonchev–Trinajstić information content (AvgIpc) is 3.65. The van der Waals surface area contributed by atoms with Gasteiger partial charge in [-0.2, -0.15) is 0 Å². The van der Waals surface area contributed by atoms with Crippen LogP contribution in [0.3, 0.4) is 0 Å². The molecule has 0 saturated heterocycles. The zero-order valence-corrected chi connectivity index (χ0v) is 31.7. The number of aryl methyl sites for hydroxylation is 3. The Labute approximate surface area is 302 Å². The van der Waals surface area contributed by atoms with E-state index in [0.29, 0.717) is 0 Å². The van der Waals surface area contributed by atoms with Crippen LogP contribution in [0.15, 0.2) is 108 Å². The summed E-state index contributed by atoms with van der Waals surface area (Å²) in [6.45, 7) is 23.0. The van der Waals surface area contributed by atoms with Gasteiger partial charge in [-0.15, -0.1) is 0 Å². The number of rotatable bonds is 3. The smallest absolute Gasteiger partial charge is 0.138 e. The van der Waals surface area contributed by atoms with Crippen LogP contribution in [0.1, 0.15) is 93.0 Å². The highest BCUT2D eigenvalue weighted by atomic mass is 16.3. The quantitative estimate of drug-likeness (QED) is 0.187. The Hall–Kier alpha value is -5.08. The first-order chi connectivity index (χ1) is 24.1. The fraction of sp³-hybridized carbons (Fsp3) is 0.265. The minimum Gasteiger partial charge on any atom is -0.456 e. The Morgan fingerprint density at radius 2 is 1.00 bits per heavy atom. The third-order valence-corrected chi connectivity index (χ3v) is 12.0. The second-order valence-electron chi connectivity index (χ2n) is 17.3. The molecule has 0 fully saturated rings. The molecule has 9 rings (SSSR count). The van der Waals surface area contributed by atoms with E-state index in [0.717, 1.165) is 39.2 Å². The molecule has 2 aliphatic rings. The first-order valence-corrected chi connectivity index (χ1v) is 18.4. The average molecular weight is 666 g/mol. The second-order valence-corrected chi connectivity index (χ2v) is 17.3. The van der Waals surface area contributed by atoms with Crippen LogP contribution in [-0.2, 0) is 16.2 Å². The SMILES string of the molecule is Cc1cc(C)c2oc3c(C)cc(N(c4ccc5c(c4)C(C)(C)c4ccccc4-5)c4ccc5c(c4)C(C)(C)c4cc(C(C)(C)C)ccc4-5)cc3c2c1. The number of hydrogen-bond acceptors (Lipinski definition) is 2. The zero-order chi connectivity index (χ0) is 35.8. The van der Waals surface area contributed by atoms with Crippen molar-refractivity contribution >= 4 is 39.0 Å². The Bertz CT molecular complexity index is 2600. The molecule has 0 bridgehead atoms. The van der Waals surface area contributed by atoms with Crippen molar-refractivity contribution in [2.24, 2.45) is 0 Å². The zero-order valence-electron chi connectivity index (χ0n) is 31.7. The topological polar surface area (TPSA) is 16.4 Å². The first kappa shape index (κ1) is 31.9. The summed E-state index contributed by atoms with van der Waals surface area (Å²) in [6, 6.07) is 39.4. The summed E-state index contributed by atoms with van der Waals surface area (Å²) < 4.78 is 6.58. The number of nitrogens with zero attached hydrogens (tertiary/aromatic N) is 1. The number of anilines is 3. The van der Waals surface area contributed by atoms with E-state index in [4.69, 9.17) is 4.42 Å². The lowest BCUT2D eigenvalue weighted by atomic mass is 9.79. The Balaban J connectivity index is 1.28. The van der Waals surface area contributed by atoms with Gasteiger partial charge < -0.3 is 9.32 Å². The summed E-state index contributed by atoms with van der Waals surface area (Å²) in [7, 11) is 0. The summed E-state index contributed by atoms with van der Waals surface area (Å²) in [5.74, 6) is 0. The molecular formula is C49H47NO. The predicted octanol–water partition coefficient (Wildman–Crippen LogP) is 13.9. The van der Waals surface area contributed by atoms with Crippen LogP contribution in [0, 0.1) is 20.8 Å². The van der Waals surface area contributed by atoms with Crippen LogP contribution in [0.5, 0.6) is 0 Å². The second kappa shape index (κ2) is 10.5. The monoisotopic (exact) mass is 665 g/mol. The van der Waals surface area contributed by atoms with Crippen LogP contribution >= 0.6 is 0 Å². The highest BCUT2D eigenvalue weighted by Crippen LogP contribution is 2.54. The maximum atomic E-state index is 6.58. The highest BCUT2D eigenvalue weighted by molar-refractivity contribution is 6.09. The summed E-state index contributed by atoms with van der Waals surface area (Å²) in [6.07, 6.45) is 0. The van der Waals surface area contributed by atoms with Crippen LogP contribution in [0.25, 0.3) is 44.2 Å². The van der Waals surface area contributed by atoms with Gasteiger partial charge in [0.05, 0.1) is 0 Å². The van der Waals surface area contributed by atoms with Gasteiger partial charge in [0.2, 0.25) is 0 Å². The molecule has 6 aromatic carbocycles. The summed E-state index contributed by atoms with van der Waals surface area (Å²) in [5, 5.41) is 2.34. The van der Waals surface area contributed by atoms with Crippen molar-refractivity contribution < 1.29 is 4.42 Å². The van der Waals surface area contributed by atoms with Crippen molar-refractivity contribution in [1.29, 1.82) is 0 Å². The van der Waals surface area contributed by atoms with Crippen LogP contribution in [0.4, 0.5) is 17.1 Å². The lowest BCUT2D eigenvalue weighted by Crippen LogP contribution is -2.19. The van der Waals surface area contributed by atoms with Crippen molar-refractivity contribution in [3.63, 3.8) is 0 Å². The fourth-order valence-corrected chi connectivity index (χ4v) is 9.22. The van der Waals surface area contributed by atoms with Gasteiger partial charge in [-0.3, -0.25) is 0 Å². The maximum Gasteiger partial charge on any atom is 0.138 e. The van der Waals surface area contributed by atoms with E-state index in [9.17, 15) is 0 Å². The van der Waals surface area contributed by atoms with E-state index in [-0.39, 0.29) is 16.2 Å². The van der Waals surface area contributed by atoms with Crippen LogP contribution in [0.2, 0.25) is 0 Å². The minimum absolute atomic E-state index is 0.0910. The molecular weight excluding hydrogens is 619 g/mol. The van der Waals surface area contributed by atoms with Crippen molar-refractivity contribution in [3.05, 3.63) is 148 Å². The normalized spacial score (nSPS) is 15.2. The molecule has 0 saturated carbocycles. The Kier molecular flexibility index (Phi) is 6.55. The highest BCUT2D eigenvalue weighted by Gasteiger charge is 2.38. The van der Waals surface area contributed by atoms with Crippen LogP contribution < -0.4 is 4.90 Å². The van der Waals surface area contributed by atoms with Crippen molar-refractivity contribution in [3.8, 4) is 22.3 Å². The van der Waals surface area contributed by atoms with E-state index >= 15 is 0 Å². The Morgan fingerprint density at radius 3 is 1.63 bits per heavy atom. The van der Waals surface area contributed by atoms with E-state index in [2.05, 4.69) is 177 Å². The summed E-state index contributed by atoms with van der Waals surface area (Å²) in [5.41, 5.74) is 21.1. The van der Waals surface area contributed by atoms with Gasteiger partial charge in [0.1, 0.15) is 11.2 Å². The molecule has 0 atom stereocenters. The fourth-order valence-electron chi connectivity index (χ4n) is 9.22. The van der Waals surface area contributed by atoms with Crippen molar-refractivity contribution in [1.82, 2.24) is 0 Å². The van der Waals surface area contributed by atoms with Crippen LogP contribution in [-0.4, -0.2) is 0 Å². The van der Waals surface area contributed by atoms with Gasteiger partial charge in [-0.05, 0) is 135 Å². The summed E-state index contributed by atoms with van der Waals surface area (Å²) in [4.78, 5) is 2.48. The van der Waals surface area contributed by atoms with E-state index < -0.39 is 0 Å². The third kappa shape index (κ3) is 4.55. The molecule has 0 unspecified atom stereocenters. The molecule has 51 heavy (non-hydrogen) atoms. The standard InChI is InChI=1S/C49H47NO/c1-28-21-29(2)45-39(22-28)40-25-34(23-30(3)46(40)51-45)50(32-16-19-37-35-13-11-12-14-41(35)48(7,8)43(37)26-32)33-17-20-38-36-18-15-31(47(4,5)6)24-42(36)49(9,10)44(38)27-33/h11-27H,1-10H3. The van der Waals surface area contributed by atoms with Gasteiger partial charge in [0.25, 0.3) is 0 Å². The number of hydrogen-bond donors (Lipinski definition) is 0. The van der Waals surface area contributed by atoms with Crippen molar-refractivity contribution in [2.45, 2.75) is 85.5 Å².